The summed E-state index contributed by atoms with van der Waals surface area (Å²) in [4.78, 5) is 26.5. The minimum Gasteiger partial charge on any atom is -0.389 e. The van der Waals surface area contributed by atoms with Gasteiger partial charge in [0, 0.05) is 35.6 Å². The fourth-order valence-corrected chi connectivity index (χ4v) is 6.99. The van der Waals surface area contributed by atoms with Crippen LogP contribution in [0.4, 0.5) is 13.8 Å². The number of nitriles is 1. The molecule has 4 heterocycles. The quantitative estimate of drug-likeness (QED) is 0.191. The zero-order valence-electron chi connectivity index (χ0n) is 27.3. The molecule has 2 aromatic heterocycles. The summed E-state index contributed by atoms with van der Waals surface area (Å²) in [6.07, 6.45) is 6.24. The average molecular weight is 650 g/mol. The fourth-order valence-electron chi connectivity index (χ4n) is 6.07. The average Bonchev–Trinajstić information content (AvgIpc) is 3.60. The lowest BCUT2D eigenvalue weighted by Gasteiger charge is -2.45. The van der Waals surface area contributed by atoms with Gasteiger partial charge in [-0.05, 0) is 63.6 Å². The molecule has 0 spiro atoms. The molecule has 9 nitrogen and oxygen atoms in total. The number of likely N-dealkylation sites (tertiary alicyclic amines) is 1. The van der Waals surface area contributed by atoms with Crippen molar-refractivity contribution in [2.75, 3.05) is 32.9 Å². The van der Waals surface area contributed by atoms with Crippen LogP contribution >= 0.6 is 11.3 Å². The summed E-state index contributed by atoms with van der Waals surface area (Å²) in [5, 5.41) is 13.8. The van der Waals surface area contributed by atoms with Gasteiger partial charge in [0.1, 0.15) is 34.6 Å². The van der Waals surface area contributed by atoms with E-state index < -0.39 is 17.7 Å². The summed E-state index contributed by atoms with van der Waals surface area (Å²) in [6, 6.07) is 1.84. The Bertz CT molecular complexity index is 1770. The molecule has 5 rings (SSSR count). The van der Waals surface area contributed by atoms with Gasteiger partial charge in [0.15, 0.2) is 11.6 Å². The van der Waals surface area contributed by atoms with E-state index in [1.165, 1.54) is 6.92 Å². The smallest absolute Gasteiger partial charge is 0.159 e. The van der Waals surface area contributed by atoms with Gasteiger partial charge in [-0.2, -0.15) is 5.26 Å². The summed E-state index contributed by atoms with van der Waals surface area (Å²) in [5.74, 6) is -0.00530. The van der Waals surface area contributed by atoms with Crippen LogP contribution in [0.5, 0.6) is 0 Å². The SMILES string of the molecule is CCC/C=C(/NC(=NC(CCC)C(C)=O)c1c(C)c(F)c(-c2ncc(F)c3sc(N)c(C#N)c23)c2c1COC2)N1CC(N(C)C)C1. The number of nitrogens with one attached hydrogen (secondary N) is 1. The van der Waals surface area contributed by atoms with Gasteiger partial charge in [0.2, 0.25) is 0 Å². The Morgan fingerprint density at radius 3 is 2.65 bits per heavy atom. The number of hydrogen-bond acceptors (Lipinski definition) is 9. The number of ether oxygens (including phenoxy) is 1. The molecular formula is C34H41F2N7O2S. The number of nitrogens with zero attached hydrogens (tertiary/aromatic N) is 5. The standard InChI is InChI=1S/C34H41F2N7O2S/c1-7-9-11-26(43-14-20(15-43)42(5)6)41-34(40-25(10-8-2)19(4)44)27-18(3)30(36)28(23-17-45-16-22(23)27)31-29-21(12-37)33(38)46-32(29)24(35)13-39-31/h11,13,20,25H,7-10,14-17,38H2,1-6H3,(H,40,41)/b26-11-. The summed E-state index contributed by atoms with van der Waals surface area (Å²) >= 11 is 0.941. The van der Waals surface area contributed by atoms with Crippen LogP contribution in [0.25, 0.3) is 21.3 Å². The summed E-state index contributed by atoms with van der Waals surface area (Å²) in [7, 11) is 4.12. The number of amidine groups is 1. The highest BCUT2D eigenvalue weighted by atomic mass is 32.1. The molecule has 46 heavy (non-hydrogen) atoms. The number of allylic oxidation sites excluding steroid dienone is 1. The number of thiophene rings is 1. The number of nitrogen functional groups attached to an aromatic ring is 1. The highest BCUT2D eigenvalue weighted by molar-refractivity contribution is 7.23. The summed E-state index contributed by atoms with van der Waals surface area (Å²) < 4.78 is 37.9. The highest BCUT2D eigenvalue weighted by Gasteiger charge is 2.34. The molecule has 3 N–H and O–H groups in total. The molecule has 244 valence electrons. The molecule has 0 radical (unpaired) electrons. The van der Waals surface area contributed by atoms with Crippen LogP contribution in [0.2, 0.25) is 0 Å². The second-order valence-corrected chi connectivity index (χ2v) is 13.2. The summed E-state index contributed by atoms with van der Waals surface area (Å²) in [6.45, 7) is 9.21. The molecule has 1 atom stereocenters. The Morgan fingerprint density at radius 2 is 2.02 bits per heavy atom. The number of likely N-dealkylation sites (N-methyl/N-ethyl adjacent to an activating group) is 1. The van der Waals surface area contributed by atoms with Gasteiger partial charge in [0.25, 0.3) is 0 Å². The van der Waals surface area contributed by atoms with Crippen LogP contribution in [0.1, 0.15) is 74.3 Å². The van der Waals surface area contributed by atoms with Crippen molar-refractivity contribution < 1.29 is 18.3 Å². The number of Topliss-reactive ketones (excluding diaryl/α,β-unsaturated/α-hetero) is 1. The van der Waals surface area contributed by atoms with Crippen molar-refractivity contribution in [1.29, 1.82) is 5.26 Å². The number of aliphatic imine (C=N–C) groups is 1. The second kappa shape index (κ2) is 13.8. The predicted molar refractivity (Wildman–Crippen MR) is 178 cm³/mol. The molecule has 1 saturated heterocycles. The number of pyridine rings is 1. The second-order valence-electron chi connectivity index (χ2n) is 12.2. The van der Waals surface area contributed by atoms with Crippen LogP contribution in [-0.4, -0.2) is 65.7 Å². The number of benzene rings is 1. The number of ketones is 1. The number of nitrogens with two attached hydrogens (primary N) is 1. The van der Waals surface area contributed by atoms with Crippen molar-refractivity contribution in [3.8, 4) is 17.3 Å². The number of rotatable bonds is 11. The Hall–Kier alpha value is -3.92. The topological polar surface area (TPSA) is 120 Å². The molecular weight excluding hydrogens is 608 g/mol. The molecule has 1 unspecified atom stereocenters. The van der Waals surface area contributed by atoms with Gasteiger partial charge in [-0.25, -0.2) is 8.78 Å². The van der Waals surface area contributed by atoms with E-state index in [9.17, 15) is 14.4 Å². The van der Waals surface area contributed by atoms with Crippen molar-refractivity contribution >= 4 is 38.0 Å². The van der Waals surface area contributed by atoms with Crippen molar-refractivity contribution in [2.45, 2.75) is 78.7 Å². The first-order valence-electron chi connectivity index (χ1n) is 15.7. The minimum atomic E-state index is -0.627. The molecule has 2 aliphatic heterocycles. The van der Waals surface area contributed by atoms with Crippen molar-refractivity contribution in [3.05, 3.63) is 57.5 Å². The third-order valence-electron chi connectivity index (χ3n) is 8.79. The van der Waals surface area contributed by atoms with E-state index >= 15 is 4.39 Å². The monoisotopic (exact) mass is 649 g/mol. The molecule has 3 aromatic rings. The van der Waals surface area contributed by atoms with Crippen molar-refractivity contribution in [2.24, 2.45) is 4.99 Å². The Labute approximate surface area is 272 Å². The van der Waals surface area contributed by atoms with E-state index in [0.29, 0.717) is 35.0 Å². The third-order valence-corrected chi connectivity index (χ3v) is 9.82. The van der Waals surface area contributed by atoms with Gasteiger partial charge in [-0.15, -0.1) is 11.3 Å². The first kappa shape index (κ1) is 33.4. The van der Waals surface area contributed by atoms with E-state index in [-0.39, 0.29) is 56.5 Å². The molecule has 2 aliphatic rings. The van der Waals surface area contributed by atoms with Crippen LogP contribution in [0, 0.1) is 29.9 Å². The van der Waals surface area contributed by atoms with Crippen molar-refractivity contribution in [1.82, 2.24) is 20.1 Å². The number of aromatic nitrogens is 1. The predicted octanol–water partition coefficient (Wildman–Crippen LogP) is 6.02. The van der Waals surface area contributed by atoms with Crippen LogP contribution in [0.3, 0.4) is 0 Å². The van der Waals surface area contributed by atoms with Gasteiger partial charge in [-0.1, -0.05) is 26.7 Å². The maximum atomic E-state index is 16.9. The van der Waals surface area contributed by atoms with Crippen molar-refractivity contribution in [3.63, 3.8) is 0 Å². The Morgan fingerprint density at radius 1 is 1.30 bits per heavy atom. The number of fused-ring (bicyclic) bond motifs is 2. The van der Waals surface area contributed by atoms with E-state index in [1.54, 1.807) is 6.92 Å². The van der Waals surface area contributed by atoms with E-state index in [0.717, 1.165) is 55.7 Å². The van der Waals surface area contributed by atoms with Crippen LogP contribution in [0.15, 0.2) is 23.1 Å². The first-order valence-corrected chi connectivity index (χ1v) is 16.5. The number of carbonyl (C=O) groups is 1. The van der Waals surface area contributed by atoms with E-state index in [4.69, 9.17) is 15.5 Å². The molecule has 12 heteroatoms. The minimum absolute atomic E-state index is 0.0693. The maximum Gasteiger partial charge on any atom is 0.159 e. The highest BCUT2D eigenvalue weighted by Crippen LogP contribution is 2.44. The van der Waals surface area contributed by atoms with Crippen LogP contribution in [-0.2, 0) is 22.7 Å². The lowest BCUT2D eigenvalue weighted by Crippen LogP contribution is -2.58. The number of halogens is 2. The summed E-state index contributed by atoms with van der Waals surface area (Å²) in [5.41, 5.74) is 8.54. The molecule has 1 aromatic carbocycles. The van der Waals surface area contributed by atoms with E-state index in [2.05, 4.69) is 53.3 Å². The first-order chi connectivity index (χ1) is 22.0. The molecule has 1 fully saturated rings. The van der Waals surface area contributed by atoms with Gasteiger partial charge in [-0.3, -0.25) is 14.8 Å². The number of anilines is 1. The number of carbonyl (C=O) groups excluding carboxylic acids is 1. The Balaban J connectivity index is 1.72. The fraction of sp³-hybridized carbons (Fsp3) is 0.471. The van der Waals surface area contributed by atoms with Gasteiger partial charge < -0.3 is 25.6 Å². The molecule has 0 saturated carbocycles. The molecule has 0 bridgehead atoms. The largest absolute Gasteiger partial charge is 0.389 e. The number of hydrogen-bond donors (Lipinski definition) is 2. The number of unbranched alkanes of at least 4 members (excludes halogenated alkanes) is 1. The normalized spacial score (nSPS) is 16.1. The lowest BCUT2D eigenvalue weighted by molar-refractivity contribution is -0.118. The maximum absolute atomic E-state index is 16.9. The zero-order valence-corrected chi connectivity index (χ0v) is 28.1. The zero-order chi connectivity index (χ0) is 33.3. The lowest BCUT2D eigenvalue weighted by atomic mass is 9.89. The Kier molecular flexibility index (Phi) is 10.1. The van der Waals surface area contributed by atoms with Crippen LogP contribution < -0.4 is 11.1 Å². The van der Waals surface area contributed by atoms with E-state index in [1.807, 2.05) is 6.92 Å². The third kappa shape index (κ3) is 6.11. The van der Waals surface area contributed by atoms with Gasteiger partial charge >= 0.3 is 0 Å². The molecule has 0 aliphatic carbocycles. The molecule has 0 amide bonds. The van der Waals surface area contributed by atoms with Gasteiger partial charge in [0.05, 0.1) is 35.4 Å².